The van der Waals surface area contributed by atoms with Gasteiger partial charge in [0.2, 0.25) is 0 Å². The Labute approximate surface area is 127 Å². The fourth-order valence-corrected chi connectivity index (χ4v) is 2.43. The number of methoxy groups -OCH3 is 1. The minimum Gasteiger partial charge on any atom is -0.497 e. The maximum absolute atomic E-state index is 13.0. The maximum Gasteiger partial charge on any atom is 0.124 e. The summed E-state index contributed by atoms with van der Waals surface area (Å²) in [5.41, 5.74) is 2.22. The number of rotatable bonds is 5. The van der Waals surface area contributed by atoms with E-state index in [4.69, 9.17) is 4.74 Å². The van der Waals surface area contributed by atoms with Gasteiger partial charge in [0, 0.05) is 17.1 Å². The molecule has 0 aliphatic heterocycles. The molecule has 0 saturated heterocycles. The van der Waals surface area contributed by atoms with Gasteiger partial charge in [0.15, 0.2) is 0 Å². The van der Waals surface area contributed by atoms with E-state index in [1.54, 1.807) is 13.2 Å². The lowest BCUT2D eigenvalue weighted by atomic mass is 10.1. The summed E-state index contributed by atoms with van der Waals surface area (Å²) in [4.78, 5) is 0. The minimum atomic E-state index is -0.233. The Morgan fingerprint density at radius 2 is 1.90 bits per heavy atom. The summed E-state index contributed by atoms with van der Waals surface area (Å²) in [6.45, 7) is 2.77. The van der Waals surface area contributed by atoms with Crippen LogP contribution in [0.3, 0.4) is 0 Å². The van der Waals surface area contributed by atoms with Crippen LogP contribution in [0.25, 0.3) is 0 Å². The highest BCUT2D eigenvalue weighted by atomic mass is 79.9. The van der Waals surface area contributed by atoms with Crippen LogP contribution < -0.4 is 10.1 Å². The van der Waals surface area contributed by atoms with Crippen molar-refractivity contribution in [2.75, 3.05) is 7.11 Å². The van der Waals surface area contributed by atoms with Crippen molar-refractivity contribution in [3.63, 3.8) is 0 Å². The smallest absolute Gasteiger partial charge is 0.124 e. The van der Waals surface area contributed by atoms with Gasteiger partial charge in [-0.1, -0.05) is 34.1 Å². The third kappa shape index (κ3) is 3.81. The van der Waals surface area contributed by atoms with Gasteiger partial charge in [-0.05, 0) is 42.3 Å². The standard InChI is InChI=1S/C16H17BrFNO/c1-11(12-4-7-15(20-2)8-5-12)19-10-13-3-6-14(18)9-16(13)17/h3-9,11,19H,10H2,1-2H3/t11-/m0/s1. The maximum atomic E-state index is 13.0. The van der Waals surface area contributed by atoms with Crippen molar-refractivity contribution in [1.29, 1.82) is 0 Å². The van der Waals surface area contributed by atoms with E-state index in [0.29, 0.717) is 6.54 Å². The van der Waals surface area contributed by atoms with E-state index in [1.807, 2.05) is 24.3 Å². The largest absolute Gasteiger partial charge is 0.497 e. The number of halogens is 2. The molecular weight excluding hydrogens is 321 g/mol. The van der Waals surface area contributed by atoms with Crippen LogP contribution in [0.1, 0.15) is 24.1 Å². The topological polar surface area (TPSA) is 21.3 Å². The highest BCUT2D eigenvalue weighted by Gasteiger charge is 2.07. The van der Waals surface area contributed by atoms with Gasteiger partial charge >= 0.3 is 0 Å². The molecule has 0 spiro atoms. The molecule has 4 heteroatoms. The lowest BCUT2D eigenvalue weighted by Crippen LogP contribution is -2.18. The highest BCUT2D eigenvalue weighted by Crippen LogP contribution is 2.21. The van der Waals surface area contributed by atoms with Crippen molar-refractivity contribution < 1.29 is 9.13 Å². The molecule has 0 amide bonds. The van der Waals surface area contributed by atoms with Crippen LogP contribution in [0.2, 0.25) is 0 Å². The summed E-state index contributed by atoms with van der Waals surface area (Å²) in [5, 5.41) is 3.42. The van der Waals surface area contributed by atoms with E-state index < -0.39 is 0 Å². The van der Waals surface area contributed by atoms with Gasteiger partial charge in [-0.2, -0.15) is 0 Å². The van der Waals surface area contributed by atoms with Gasteiger partial charge in [-0.25, -0.2) is 4.39 Å². The van der Waals surface area contributed by atoms with E-state index >= 15 is 0 Å². The molecule has 20 heavy (non-hydrogen) atoms. The number of nitrogens with one attached hydrogen (secondary N) is 1. The number of benzene rings is 2. The second kappa shape index (κ2) is 6.86. The molecule has 1 atom stereocenters. The third-order valence-electron chi connectivity index (χ3n) is 3.23. The fraction of sp³-hybridized carbons (Fsp3) is 0.250. The minimum absolute atomic E-state index is 0.206. The summed E-state index contributed by atoms with van der Waals surface area (Å²) in [6.07, 6.45) is 0. The molecule has 106 valence electrons. The summed E-state index contributed by atoms with van der Waals surface area (Å²) in [6, 6.07) is 12.9. The van der Waals surface area contributed by atoms with Gasteiger partial charge in [0.25, 0.3) is 0 Å². The average Bonchev–Trinajstić information content (AvgIpc) is 2.46. The third-order valence-corrected chi connectivity index (χ3v) is 3.97. The molecular formula is C16H17BrFNO. The quantitative estimate of drug-likeness (QED) is 0.870. The molecule has 2 aromatic carbocycles. The average molecular weight is 338 g/mol. The Bertz CT molecular complexity index is 571. The van der Waals surface area contributed by atoms with Crippen LogP contribution in [0.5, 0.6) is 5.75 Å². The van der Waals surface area contributed by atoms with Gasteiger partial charge in [-0.15, -0.1) is 0 Å². The normalized spacial score (nSPS) is 12.2. The van der Waals surface area contributed by atoms with Gasteiger partial charge < -0.3 is 10.1 Å². The SMILES string of the molecule is COc1ccc([C@H](C)NCc2ccc(F)cc2Br)cc1. The molecule has 0 bridgehead atoms. The molecule has 0 saturated carbocycles. The van der Waals surface area contributed by atoms with Gasteiger partial charge in [0.05, 0.1) is 7.11 Å². The molecule has 0 heterocycles. The Hall–Kier alpha value is -1.39. The lowest BCUT2D eigenvalue weighted by molar-refractivity contribution is 0.414. The molecule has 0 fully saturated rings. The fourth-order valence-electron chi connectivity index (χ4n) is 1.94. The van der Waals surface area contributed by atoms with Gasteiger partial charge in [0.1, 0.15) is 11.6 Å². The number of ether oxygens (including phenoxy) is 1. The number of hydrogen-bond donors (Lipinski definition) is 1. The van der Waals surface area contributed by atoms with Crippen molar-refractivity contribution in [2.45, 2.75) is 19.5 Å². The predicted molar refractivity (Wildman–Crippen MR) is 82.3 cm³/mol. The molecule has 2 aromatic rings. The Balaban J connectivity index is 1.98. The summed E-state index contributed by atoms with van der Waals surface area (Å²) in [5.74, 6) is 0.617. The predicted octanol–water partition coefficient (Wildman–Crippen LogP) is 4.45. The first kappa shape index (κ1) is 15.0. The first-order chi connectivity index (χ1) is 9.60. The summed E-state index contributed by atoms with van der Waals surface area (Å²) >= 11 is 3.38. The Kier molecular flexibility index (Phi) is 5.15. The van der Waals surface area contributed by atoms with Crippen molar-refractivity contribution in [3.8, 4) is 5.75 Å². The highest BCUT2D eigenvalue weighted by molar-refractivity contribution is 9.10. The summed E-state index contributed by atoms with van der Waals surface area (Å²) < 4.78 is 18.9. The van der Waals surface area contributed by atoms with Crippen molar-refractivity contribution in [3.05, 3.63) is 63.9 Å². The molecule has 0 aliphatic rings. The summed E-state index contributed by atoms with van der Waals surface area (Å²) in [7, 11) is 1.66. The molecule has 0 radical (unpaired) electrons. The van der Waals surface area contributed by atoms with Crippen molar-refractivity contribution >= 4 is 15.9 Å². The Morgan fingerprint density at radius 3 is 2.50 bits per heavy atom. The first-order valence-electron chi connectivity index (χ1n) is 6.41. The van der Waals surface area contributed by atoms with E-state index in [2.05, 4.69) is 28.2 Å². The second-order valence-corrected chi connectivity index (χ2v) is 5.47. The van der Waals surface area contributed by atoms with Crippen molar-refractivity contribution in [2.24, 2.45) is 0 Å². The van der Waals surface area contributed by atoms with Crippen LogP contribution in [0.15, 0.2) is 46.9 Å². The van der Waals surface area contributed by atoms with E-state index in [9.17, 15) is 4.39 Å². The number of hydrogen-bond acceptors (Lipinski definition) is 2. The van der Waals surface area contributed by atoms with E-state index in [1.165, 1.54) is 17.7 Å². The zero-order chi connectivity index (χ0) is 14.5. The zero-order valence-electron chi connectivity index (χ0n) is 11.5. The lowest BCUT2D eigenvalue weighted by Gasteiger charge is -2.15. The van der Waals surface area contributed by atoms with E-state index in [-0.39, 0.29) is 11.9 Å². The molecule has 2 rings (SSSR count). The van der Waals surface area contributed by atoms with Crippen LogP contribution in [0.4, 0.5) is 4.39 Å². The van der Waals surface area contributed by atoms with Crippen LogP contribution in [-0.2, 0) is 6.54 Å². The Morgan fingerprint density at radius 1 is 1.20 bits per heavy atom. The van der Waals surface area contributed by atoms with Crippen LogP contribution >= 0.6 is 15.9 Å². The monoisotopic (exact) mass is 337 g/mol. The first-order valence-corrected chi connectivity index (χ1v) is 7.20. The second-order valence-electron chi connectivity index (χ2n) is 4.61. The molecule has 0 unspecified atom stereocenters. The van der Waals surface area contributed by atoms with Crippen LogP contribution in [-0.4, -0.2) is 7.11 Å². The van der Waals surface area contributed by atoms with Crippen molar-refractivity contribution in [1.82, 2.24) is 5.32 Å². The molecule has 1 N–H and O–H groups in total. The van der Waals surface area contributed by atoms with Crippen LogP contribution in [0, 0.1) is 5.82 Å². The van der Waals surface area contributed by atoms with Gasteiger partial charge in [-0.3, -0.25) is 0 Å². The molecule has 0 aliphatic carbocycles. The molecule has 0 aromatic heterocycles. The molecule has 2 nitrogen and oxygen atoms in total. The zero-order valence-corrected chi connectivity index (χ0v) is 13.1. The van der Waals surface area contributed by atoms with E-state index in [0.717, 1.165) is 15.8 Å².